The number of aromatic nitrogens is 1. The fourth-order valence-corrected chi connectivity index (χ4v) is 4.23. The molecule has 4 rings (SSSR count). The Balaban J connectivity index is 1.26. The predicted octanol–water partition coefficient (Wildman–Crippen LogP) is 2.48. The van der Waals surface area contributed by atoms with E-state index < -0.39 is 0 Å². The molecule has 1 amide bonds. The van der Waals surface area contributed by atoms with Gasteiger partial charge in [-0.05, 0) is 60.1 Å². The van der Waals surface area contributed by atoms with Crippen LogP contribution in [0.1, 0.15) is 30.4 Å². The lowest BCUT2D eigenvalue weighted by molar-refractivity contribution is -0.127. The highest BCUT2D eigenvalue weighted by Gasteiger charge is 2.52. The molecular formula is C21H24N2O3. The molecule has 2 aliphatic carbocycles. The second-order valence-electron chi connectivity index (χ2n) is 7.31. The van der Waals surface area contributed by atoms with E-state index in [0.29, 0.717) is 24.9 Å². The molecule has 2 aliphatic rings. The molecular weight excluding hydrogens is 328 g/mol. The summed E-state index contributed by atoms with van der Waals surface area (Å²) in [4.78, 5) is 16.3. The zero-order valence-corrected chi connectivity index (χ0v) is 14.7. The number of rotatable bonds is 6. The topological polar surface area (TPSA) is 71.5 Å². The zero-order chi connectivity index (χ0) is 17.9. The van der Waals surface area contributed by atoms with E-state index in [9.17, 15) is 9.90 Å². The first-order valence-corrected chi connectivity index (χ1v) is 9.29. The van der Waals surface area contributed by atoms with Gasteiger partial charge in [-0.3, -0.25) is 9.78 Å². The summed E-state index contributed by atoms with van der Waals surface area (Å²) in [5.41, 5.74) is 2.00. The van der Waals surface area contributed by atoms with Crippen LogP contribution in [0.15, 0.2) is 48.8 Å². The number of amides is 1. The number of pyridine rings is 1. The number of nitrogens with one attached hydrogen (secondary N) is 1. The van der Waals surface area contributed by atoms with Crippen LogP contribution in [0.5, 0.6) is 5.75 Å². The minimum atomic E-state index is -0.365. The Morgan fingerprint density at radius 1 is 1.08 bits per heavy atom. The van der Waals surface area contributed by atoms with Crippen LogP contribution >= 0.6 is 0 Å². The third-order valence-corrected chi connectivity index (χ3v) is 5.66. The van der Waals surface area contributed by atoms with Gasteiger partial charge in [-0.25, -0.2) is 0 Å². The minimum Gasteiger partial charge on any atom is -0.489 e. The third-order valence-electron chi connectivity index (χ3n) is 5.66. The monoisotopic (exact) mass is 352 g/mol. The van der Waals surface area contributed by atoms with Crippen molar-refractivity contribution in [3.05, 3.63) is 59.9 Å². The highest BCUT2D eigenvalue weighted by atomic mass is 16.5. The van der Waals surface area contributed by atoms with Crippen molar-refractivity contribution in [2.24, 2.45) is 11.8 Å². The molecule has 2 N–H and O–H groups in total. The summed E-state index contributed by atoms with van der Waals surface area (Å²) in [5, 5.41) is 13.2. The van der Waals surface area contributed by atoms with Crippen molar-refractivity contribution >= 4 is 5.91 Å². The van der Waals surface area contributed by atoms with Crippen LogP contribution in [0.3, 0.4) is 0 Å². The van der Waals surface area contributed by atoms with Crippen LogP contribution in [-0.4, -0.2) is 28.1 Å². The van der Waals surface area contributed by atoms with Gasteiger partial charge in [0.1, 0.15) is 12.4 Å². The first-order valence-electron chi connectivity index (χ1n) is 9.29. The van der Waals surface area contributed by atoms with Crippen LogP contribution in [-0.2, 0) is 17.8 Å². The number of nitrogens with zero attached hydrogens (tertiary/aromatic N) is 1. The molecule has 4 atom stereocenters. The number of benzene rings is 1. The summed E-state index contributed by atoms with van der Waals surface area (Å²) in [6.45, 7) is 0.491. The third kappa shape index (κ3) is 3.58. The van der Waals surface area contributed by atoms with Crippen LogP contribution in [0.2, 0.25) is 0 Å². The molecule has 2 saturated carbocycles. The molecule has 0 spiro atoms. The molecule has 5 heteroatoms. The van der Waals surface area contributed by atoms with Gasteiger partial charge >= 0.3 is 0 Å². The van der Waals surface area contributed by atoms with Gasteiger partial charge in [0.05, 0.1) is 18.6 Å². The number of carbonyl (C=O) groups is 1. The van der Waals surface area contributed by atoms with Gasteiger partial charge in [-0.15, -0.1) is 0 Å². The van der Waals surface area contributed by atoms with Crippen molar-refractivity contribution in [3.63, 3.8) is 0 Å². The predicted molar refractivity (Wildman–Crippen MR) is 97.5 cm³/mol. The molecule has 0 bridgehead atoms. The summed E-state index contributed by atoms with van der Waals surface area (Å²) in [6, 6.07) is 11.4. The average Bonchev–Trinajstić information content (AvgIpc) is 3.11. The van der Waals surface area contributed by atoms with Crippen molar-refractivity contribution in [2.75, 3.05) is 0 Å². The SMILES string of the molecule is O=C(Cc1ccc(OCc2ccncc2)cc1)N[C@H]1[C@@H](O)[C@H]2CCC[C@H]21. The highest BCUT2D eigenvalue weighted by Crippen LogP contribution is 2.47. The van der Waals surface area contributed by atoms with Gasteiger partial charge in [-0.1, -0.05) is 18.6 Å². The molecule has 1 aromatic carbocycles. The van der Waals surface area contributed by atoms with Crippen molar-refractivity contribution in [2.45, 2.75) is 44.4 Å². The van der Waals surface area contributed by atoms with E-state index in [1.165, 1.54) is 6.42 Å². The van der Waals surface area contributed by atoms with E-state index in [4.69, 9.17) is 4.74 Å². The van der Waals surface area contributed by atoms with Crippen LogP contribution in [0, 0.1) is 11.8 Å². The summed E-state index contributed by atoms with van der Waals surface area (Å²) in [6.07, 6.45) is 6.83. The average molecular weight is 352 g/mol. The Bertz CT molecular complexity index is 748. The Morgan fingerprint density at radius 2 is 1.81 bits per heavy atom. The molecule has 0 saturated heterocycles. The fourth-order valence-electron chi connectivity index (χ4n) is 4.23. The maximum atomic E-state index is 12.3. The smallest absolute Gasteiger partial charge is 0.224 e. The lowest BCUT2D eigenvalue weighted by atomic mass is 9.68. The number of aliphatic hydroxyl groups excluding tert-OH is 1. The summed E-state index contributed by atoms with van der Waals surface area (Å²) < 4.78 is 5.74. The number of fused-ring (bicyclic) bond motifs is 1. The van der Waals surface area contributed by atoms with E-state index in [-0.39, 0.29) is 18.1 Å². The van der Waals surface area contributed by atoms with E-state index in [0.717, 1.165) is 29.7 Å². The van der Waals surface area contributed by atoms with Crippen LogP contribution in [0.25, 0.3) is 0 Å². The van der Waals surface area contributed by atoms with Gasteiger partial charge in [0.25, 0.3) is 0 Å². The normalized spacial score (nSPS) is 26.7. The lowest BCUT2D eigenvalue weighted by Gasteiger charge is -2.46. The van der Waals surface area contributed by atoms with E-state index in [1.807, 2.05) is 36.4 Å². The largest absolute Gasteiger partial charge is 0.489 e. The molecule has 0 unspecified atom stereocenters. The quantitative estimate of drug-likeness (QED) is 0.838. The first kappa shape index (κ1) is 17.0. The Hall–Kier alpha value is -2.40. The molecule has 1 heterocycles. The van der Waals surface area contributed by atoms with Crippen LogP contribution in [0.4, 0.5) is 0 Å². The maximum Gasteiger partial charge on any atom is 0.224 e. The molecule has 0 radical (unpaired) electrons. The Morgan fingerprint density at radius 3 is 2.58 bits per heavy atom. The standard InChI is InChI=1S/C21H24N2O3/c24-19(23-20-17-2-1-3-18(17)21(20)25)12-14-4-6-16(7-5-14)26-13-15-8-10-22-11-9-15/h4-11,17-18,20-21,25H,1-3,12-13H2,(H,23,24)/t17-,18+,20-,21+/m1/s1. The second-order valence-corrected chi connectivity index (χ2v) is 7.31. The van der Waals surface area contributed by atoms with Gasteiger partial charge in [0.15, 0.2) is 0 Å². The zero-order valence-electron chi connectivity index (χ0n) is 14.7. The molecule has 1 aromatic heterocycles. The Labute approximate surface area is 153 Å². The summed E-state index contributed by atoms with van der Waals surface area (Å²) >= 11 is 0. The van der Waals surface area contributed by atoms with E-state index in [1.54, 1.807) is 12.4 Å². The highest BCUT2D eigenvalue weighted by molar-refractivity contribution is 5.79. The number of ether oxygens (including phenoxy) is 1. The van der Waals surface area contributed by atoms with Gasteiger partial charge in [0, 0.05) is 12.4 Å². The maximum absolute atomic E-state index is 12.3. The Kier molecular flexibility index (Phi) is 4.89. The second kappa shape index (κ2) is 7.46. The molecule has 5 nitrogen and oxygen atoms in total. The van der Waals surface area contributed by atoms with E-state index >= 15 is 0 Å². The minimum absolute atomic E-state index is 0.0233. The van der Waals surface area contributed by atoms with Crippen molar-refractivity contribution in [1.82, 2.24) is 10.3 Å². The molecule has 2 fully saturated rings. The van der Waals surface area contributed by atoms with Gasteiger partial charge in [0.2, 0.25) is 5.91 Å². The van der Waals surface area contributed by atoms with Crippen molar-refractivity contribution in [3.8, 4) is 5.75 Å². The van der Waals surface area contributed by atoms with Crippen molar-refractivity contribution in [1.29, 1.82) is 0 Å². The lowest BCUT2D eigenvalue weighted by Crippen LogP contribution is -2.61. The molecule has 136 valence electrons. The molecule has 2 aromatic rings. The summed E-state index contributed by atoms with van der Waals surface area (Å²) in [7, 11) is 0. The van der Waals surface area contributed by atoms with Crippen molar-refractivity contribution < 1.29 is 14.6 Å². The fraction of sp³-hybridized carbons (Fsp3) is 0.429. The molecule has 26 heavy (non-hydrogen) atoms. The first-order chi connectivity index (χ1) is 12.7. The van der Waals surface area contributed by atoms with Gasteiger partial charge < -0.3 is 15.2 Å². The van der Waals surface area contributed by atoms with E-state index in [2.05, 4.69) is 10.3 Å². The number of carbonyl (C=O) groups excluding carboxylic acids is 1. The van der Waals surface area contributed by atoms with Crippen LogP contribution < -0.4 is 10.1 Å². The number of hydrogen-bond donors (Lipinski definition) is 2. The summed E-state index contributed by atoms with van der Waals surface area (Å²) in [5.74, 6) is 1.62. The van der Waals surface area contributed by atoms with Gasteiger partial charge in [-0.2, -0.15) is 0 Å². The number of hydrogen-bond acceptors (Lipinski definition) is 4. The molecule has 0 aliphatic heterocycles. The number of aliphatic hydroxyl groups is 1.